The van der Waals surface area contributed by atoms with Gasteiger partial charge in [-0.15, -0.1) is 0 Å². The number of carbonyl (C=O) groups excluding carboxylic acids is 2. The van der Waals surface area contributed by atoms with Crippen LogP contribution in [0.5, 0.6) is 5.75 Å². The third-order valence-corrected chi connectivity index (χ3v) is 6.63. The molecule has 1 aliphatic rings. The standard InChI is InChI=1S/C29H28N4O3/c1-29(28(35)30-18-21-10-5-3-6-11-21)20-33-26(17-25(31-33)23-13-7-4-8-14-23)27(34)32(29)19-22-12-9-15-24(16-22)36-2/h3-17H,18-20H2,1-2H3,(H,30,35)/t29-/m1/s1. The highest BCUT2D eigenvalue weighted by Gasteiger charge is 2.48. The van der Waals surface area contributed by atoms with Crippen molar-refractivity contribution in [3.63, 3.8) is 0 Å². The fourth-order valence-corrected chi connectivity index (χ4v) is 4.56. The largest absolute Gasteiger partial charge is 0.497 e. The molecule has 0 unspecified atom stereocenters. The molecule has 0 bridgehead atoms. The van der Waals surface area contributed by atoms with Crippen molar-refractivity contribution in [2.45, 2.75) is 32.1 Å². The molecule has 1 aromatic heterocycles. The first kappa shape index (κ1) is 23.4. The minimum Gasteiger partial charge on any atom is -0.497 e. The molecule has 7 nitrogen and oxygen atoms in total. The predicted octanol–water partition coefficient (Wildman–Crippen LogP) is 4.29. The van der Waals surface area contributed by atoms with Gasteiger partial charge in [0, 0.05) is 18.7 Å². The molecule has 0 spiro atoms. The summed E-state index contributed by atoms with van der Waals surface area (Å²) in [5.74, 6) is 0.227. The summed E-state index contributed by atoms with van der Waals surface area (Å²) in [6.45, 7) is 2.68. The second-order valence-electron chi connectivity index (χ2n) is 9.12. The zero-order valence-electron chi connectivity index (χ0n) is 20.3. The quantitative estimate of drug-likeness (QED) is 0.428. The van der Waals surface area contributed by atoms with Crippen LogP contribution in [0.2, 0.25) is 0 Å². The topological polar surface area (TPSA) is 76.5 Å². The average Bonchev–Trinajstić information content (AvgIpc) is 3.35. The summed E-state index contributed by atoms with van der Waals surface area (Å²) in [6.07, 6.45) is 0. The van der Waals surface area contributed by atoms with E-state index in [1.54, 1.807) is 29.7 Å². The molecule has 4 aromatic rings. The van der Waals surface area contributed by atoms with E-state index in [0.29, 0.717) is 23.7 Å². The molecule has 2 heterocycles. The predicted molar refractivity (Wildman–Crippen MR) is 137 cm³/mol. The second kappa shape index (κ2) is 9.70. The fourth-order valence-electron chi connectivity index (χ4n) is 4.56. The van der Waals surface area contributed by atoms with E-state index in [2.05, 4.69) is 5.32 Å². The molecule has 0 saturated carbocycles. The lowest BCUT2D eigenvalue weighted by molar-refractivity contribution is -0.133. The molecule has 0 aliphatic carbocycles. The Kier molecular flexibility index (Phi) is 6.29. The first-order chi connectivity index (χ1) is 17.5. The van der Waals surface area contributed by atoms with Crippen LogP contribution in [-0.2, 0) is 24.4 Å². The highest BCUT2D eigenvalue weighted by atomic mass is 16.5. The molecule has 36 heavy (non-hydrogen) atoms. The number of ether oxygens (including phenoxy) is 1. The molecule has 2 amide bonds. The van der Waals surface area contributed by atoms with Gasteiger partial charge in [-0.2, -0.15) is 5.10 Å². The van der Waals surface area contributed by atoms with E-state index in [9.17, 15) is 9.59 Å². The maximum absolute atomic E-state index is 13.9. The summed E-state index contributed by atoms with van der Waals surface area (Å²) in [4.78, 5) is 29.2. The fraction of sp³-hybridized carbons (Fsp3) is 0.207. The van der Waals surface area contributed by atoms with Crippen molar-refractivity contribution in [1.82, 2.24) is 20.0 Å². The smallest absolute Gasteiger partial charge is 0.273 e. The van der Waals surface area contributed by atoms with Crippen LogP contribution in [0.25, 0.3) is 11.3 Å². The van der Waals surface area contributed by atoms with Gasteiger partial charge >= 0.3 is 0 Å². The van der Waals surface area contributed by atoms with Crippen molar-refractivity contribution in [2.24, 2.45) is 0 Å². The highest BCUT2D eigenvalue weighted by molar-refractivity contribution is 6.00. The molecule has 7 heteroatoms. The van der Waals surface area contributed by atoms with E-state index >= 15 is 0 Å². The van der Waals surface area contributed by atoms with Crippen LogP contribution in [-0.4, -0.2) is 39.1 Å². The Balaban J connectivity index is 1.50. The van der Waals surface area contributed by atoms with E-state index in [1.807, 2.05) is 84.9 Å². The van der Waals surface area contributed by atoms with Gasteiger partial charge in [0.15, 0.2) is 0 Å². The van der Waals surface area contributed by atoms with Crippen molar-refractivity contribution in [3.05, 3.63) is 108 Å². The summed E-state index contributed by atoms with van der Waals surface area (Å²) in [7, 11) is 1.61. The number of hydrogen-bond acceptors (Lipinski definition) is 4. The number of fused-ring (bicyclic) bond motifs is 1. The van der Waals surface area contributed by atoms with Crippen molar-refractivity contribution in [3.8, 4) is 17.0 Å². The van der Waals surface area contributed by atoms with Gasteiger partial charge in [-0.25, -0.2) is 0 Å². The van der Waals surface area contributed by atoms with Gasteiger partial charge in [-0.1, -0.05) is 72.8 Å². The highest BCUT2D eigenvalue weighted by Crippen LogP contribution is 2.32. The maximum Gasteiger partial charge on any atom is 0.273 e. The van der Waals surface area contributed by atoms with E-state index in [1.165, 1.54) is 0 Å². The number of amides is 2. The zero-order valence-corrected chi connectivity index (χ0v) is 20.3. The van der Waals surface area contributed by atoms with Crippen LogP contribution in [0.3, 0.4) is 0 Å². The van der Waals surface area contributed by atoms with Crippen LogP contribution >= 0.6 is 0 Å². The molecule has 3 aromatic carbocycles. The van der Waals surface area contributed by atoms with Gasteiger partial charge in [0.05, 0.1) is 19.3 Å². The molecule has 5 rings (SSSR count). The minimum atomic E-state index is -1.15. The monoisotopic (exact) mass is 480 g/mol. The van der Waals surface area contributed by atoms with Crippen LogP contribution in [0.4, 0.5) is 0 Å². The van der Waals surface area contributed by atoms with Gasteiger partial charge in [-0.3, -0.25) is 14.3 Å². The lowest BCUT2D eigenvalue weighted by Crippen LogP contribution is -2.63. The first-order valence-electron chi connectivity index (χ1n) is 11.9. The molecule has 1 atom stereocenters. The van der Waals surface area contributed by atoms with Crippen LogP contribution in [0.15, 0.2) is 91.0 Å². The van der Waals surface area contributed by atoms with Crippen LogP contribution in [0, 0.1) is 0 Å². The molecular weight excluding hydrogens is 452 g/mol. The van der Waals surface area contributed by atoms with Crippen molar-refractivity contribution in [1.29, 1.82) is 0 Å². The number of carbonyl (C=O) groups is 2. The van der Waals surface area contributed by atoms with E-state index in [-0.39, 0.29) is 24.9 Å². The van der Waals surface area contributed by atoms with Gasteiger partial charge in [-0.05, 0) is 36.2 Å². The number of rotatable bonds is 7. The molecule has 0 radical (unpaired) electrons. The lowest BCUT2D eigenvalue weighted by atomic mass is 9.94. The Hall–Kier alpha value is -4.39. The normalized spacial score (nSPS) is 16.9. The molecule has 182 valence electrons. The molecule has 0 saturated heterocycles. The van der Waals surface area contributed by atoms with Crippen molar-refractivity contribution >= 4 is 11.8 Å². The third-order valence-electron chi connectivity index (χ3n) is 6.63. The minimum absolute atomic E-state index is 0.231. The average molecular weight is 481 g/mol. The van der Waals surface area contributed by atoms with Crippen molar-refractivity contribution in [2.75, 3.05) is 7.11 Å². The van der Waals surface area contributed by atoms with E-state index in [0.717, 1.165) is 16.7 Å². The number of benzene rings is 3. The molecule has 1 N–H and O–H groups in total. The summed E-state index contributed by atoms with van der Waals surface area (Å²) in [5.41, 5.74) is 2.80. The number of methoxy groups -OCH3 is 1. The van der Waals surface area contributed by atoms with E-state index < -0.39 is 5.54 Å². The number of aromatic nitrogens is 2. The van der Waals surface area contributed by atoms with Gasteiger partial charge < -0.3 is 15.0 Å². The SMILES string of the molecule is COc1cccc(CN2C(=O)c3cc(-c4ccccc4)nn3C[C@]2(C)C(=O)NCc2ccccc2)c1. The summed E-state index contributed by atoms with van der Waals surface area (Å²) >= 11 is 0. The molecular formula is C29H28N4O3. The maximum atomic E-state index is 13.9. The number of hydrogen-bond donors (Lipinski definition) is 1. The number of nitrogens with one attached hydrogen (secondary N) is 1. The second-order valence-corrected chi connectivity index (χ2v) is 9.12. The first-order valence-corrected chi connectivity index (χ1v) is 11.9. The Morgan fingerprint density at radius 2 is 1.67 bits per heavy atom. The number of nitrogens with zero attached hydrogens (tertiary/aromatic N) is 3. The Labute approximate surface area is 210 Å². The van der Waals surface area contributed by atoms with E-state index in [4.69, 9.17) is 9.84 Å². The Morgan fingerprint density at radius 1 is 0.972 bits per heavy atom. The van der Waals surface area contributed by atoms with Gasteiger partial charge in [0.1, 0.15) is 17.0 Å². The van der Waals surface area contributed by atoms with Gasteiger partial charge in [0.25, 0.3) is 5.91 Å². The Morgan fingerprint density at radius 3 is 2.39 bits per heavy atom. The molecule has 1 aliphatic heterocycles. The zero-order chi connectivity index (χ0) is 25.1. The molecule has 0 fully saturated rings. The van der Waals surface area contributed by atoms with Crippen LogP contribution < -0.4 is 10.1 Å². The lowest BCUT2D eigenvalue weighted by Gasteiger charge is -2.43. The van der Waals surface area contributed by atoms with Crippen molar-refractivity contribution < 1.29 is 14.3 Å². The summed E-state index contributed by atoms with van der Waals surface area (Å²) in [6, 6.07) is 28.8. The summed E-state index contributed by atoms with van der Waals surface area (Å²) in [5, 5.41) is 7.74. The van der Waals surface area contributed by atoms with Crippen LogP contribution in [0.1, 0.15) is 28.5 Å². The third kappa shape index (κ3) is 4.47. The Bertz CT molecular complexity index is 1380. The summed E-state index contributed by atoms with van der Waals surface area (Å²) < 4.78 is 7.03. The van der Waals surface area contributed by atoms with Gasteiger partial charge in [0.2, 0.25) is 5.91 Å².